The summed E-state index contributed by atoms with van der Waals surface area (Å²) in [7, 11) is 0. The maximum absolute atomic E-state index is 11.1. The van der Waals surface area contributed by atoms with Gasteiger partial charge in [0.15, 0.2) is 5.56 Å². The van der Waals surface area contributed by atoms with Gasteiger partial charge in [0.25, 0.3) is 17.1 Å². The van der Waals surface area contributed by atoms with E-state index in [9.17, 15) is 30.3 Å². The Hall–Kier alpha value is -3.63. The molecular weight excluding hydrogens is 298 g/mol. The van der Waals surface area contributed by atoms with E-state index in [2.05, 4.69) is 4.98 Å². The fraction of sp³-hybridized carbons (Fsp3) is 0. The van der Waals surface area contributed by atoms with E-state index in [4.69, 9.17) is 5.73 Å². The molecule has 0 bridgehead atoms. The van der Waals surface area contributed by atoms with Gasteiger partial charge in [-0.05, 0) is 12.1 Å². The van der Waals surface area contributed by atoms with Crippen molar-refractivity contribution in [1.29, 1.82) is 0 Å². The van der Waals surface area contributed by atoms with Crippen molar-refractivity contribution in [2.75, 3.05) is 5.73 Å². The molecule has 1 heterocycles. The van der Waals surface area contributed by atoms with Crippen LogP contribution >= 0.6 is 0 Å². The molecule has 0 aliphatic carbocycles. The van der Waals surface area contributed by atoms with Crippen LogP contribution in [0.3, 0.4) is 0 Å². The van der Waals surface area contributed by atoms with E-state index in [1.807, 2.05) is 0 Å². The molecule has 0 saturated carbocycles. The first-order valence-electron chi connectivity index (χ1n) is 5.65. The predicted molar refractivity (Wildman–Crippen MR) is 74.0 cm³/mol. The molecule has 22 heavy (non-hydrogen) atoms. The summed E-state index contributed by atoms with van der Waals surface area (Å²) in [6.45, 7) is 0. The number of nitro groups is 3. The van der Waals surface area contributed by atoms with Gasteiger partial charge in [-0.2, -0.15) is 0 Å². The standard InChI is InChI=1S/C11H7N5O6/c12-10-3-1-2-7(13-10)11-8(15(19)20)4-6(14(17)18)5-9(11)16(21)22/h1-5H,(H2,12,13). The van der Waals surface area contributed by atoms with Gasteiger partial charge < -0.3 is 5.73 Å². The highest BCUT2D eigenvalue weighted by Gasteiger charge is 2.32. The Balaban J connectivity index is 2.88. The number of nitrogens with zero attached hydrogens (tertiary/aromatic N) is 4. The van der Waals surface area contributed by atoms with Crippen molar-refractivity contribution < 1.29 is 14.8 Å². The maximum atomic E-state index is 11.1. The van der Waals surface area contributed by atoms with Gasteiger partial charge in [0.05, 0.1) is 32.6 Å². The van der Waals surface area contributed by atoms with Crippen LogP contribution in [0, 0.1) is 30.3 Å². The number of hydrogen-bond donors (Lipinski definition) is 1. The smallest absolute Gasteiger partial charge is 0.292 e. The van der Waals surface area contributed by atoms with Gasteiger partial charge in [-0.25, -0.2) is 4.98 Å². The summed E-state index contributed by atoms with van der Waals surface area (Å²) in [5.74, 6) is -0.000510. The first kappa shape index (κ1) is 14.8. The molecule has 1 aromatic carbocycles. The molecular formula is C11H7N5O6. The van der Waals surface area contributed by atoms with Crippen molar-refractivity contribution >= 4 is 22.9 Å². The third-order valence-corrected chi connectivity index (χ3v) is 2.71. The van der Waals surface area contributed by atoms with Gasteiger partial charge in [-0.15, -0.1) is 0 Å². The SMILES string of the molecule is Nc1cccc(-c2c([N+](=O)[O-])cc([N+](=O)[O-])cc2[N+](=O)[O-])n1. The summed E-state index contributed by atoms with van der Waals surface area (Å²) in [5.41, 5.74) is 2.57. The summed E-state index contributed by atoms with van der Waals surface area (Å²) in [6, 6.07) is 5.39. The number of rotatable bonds is 4. The van der Waals surface area contributed by atoms with Crippen molar-refractivity contribution in [2.45, 2.75) is 0 Å². The number of pyridine rings is 1. The van der Waals surface area contributed by atoms with E-state index < -0.39 is 37.4 Å². The Kier molecular flexibility index (Phi) is 3.62. The number of non-ortho nitro benzene ring substituents is 1. The quantitative estimate of drug-likeness (QED) is 0.660. The minimum atomic E-state index is -0.948. The van der Waals surface area contributed by atoms with Crippen molar-refractivity contribution in [1.82, 2.24) is 4.98 Å². The van der Waals surface area contributed by atoms with Crippen LogP contribution in [0.5, 0.6) is 0 Å². The number of benzene rings is 1. The Bertz CT molecular complexity index is 770. The molecule has 0 fully saturated rings. The lowest BCUT2D eigenvalue weighted by atomic mass is 10.1. The second-order valence-electron chi connectivity index (χ2n) is 4.08. The Morgan fingerprint density at radius 3 is 1.86 bits per heavy atom. The maximum Gasteiger partial charge on any atom is 0.292 e. The first-order valence-corrected chi connectivity index (χ1v) is 5.65. The number of nitrogens with two attached hydrogens (primary N) is 1. The monoisotopic (exact) mass is 305 g/mol. The third-order valence-electron chi connectivity index (χ3n) is 2.71. The number of aromatic nitrogens is 1. The minimum Gasteiger partial charge on any atom is -0.384 e. The molecule has 11 nitrogen and oxygen atoms in total. The second kappa shape index (κ2) is 5.40. The Morgan fingerprint density at radius 2 is 1.45 bits per heavy atom. The van der Waals surface area contributed by atoms with Gasteiger partial charge in [-0.3, -0.25) is 30.3 Å². The highest BCUT2D eigenvalue weighted by molar-refractivity contribution is 5.82. The van der Waals surface area contributed by atoms with Crippen LogP contribution in [0.25, 0.3) is 11.3 Å². The molecule has 0 saturated heterocycles. The molecule has 0 unspecified atom stereocenters. The lowest BCUT2D eigenvalue weighted by molar-refractivity contribution is -0.402. The lowest BCUT2D eigenvalue weighted by Gasteiger charge is -2.05. The zero-order valence-electron chi connectivity index (χ0n) is 10.7. The van der Waals surface area contributed by atoms with E-state index >= 15 is 0 Å². The van der Waals surface area contributed by atoms with Gasteiger partial charge in [-0.1, -0.05) is 6.07 Å². The van der Waals surface area contributed by atoms with E-state index in [0.29, 0.717) is 12.1 Å². The molecule has 0 amide bonds. The average Bonchev–Trinajstić information content (AvgIpc) is 2.45. The summed E-state index contributed by atoms with van der Waals surface area (Å²) < 4.78 is 0. The molecule has 11 heteroatoms. The Labute approximate surface area is 121 Å². The predicted octanol–water partition coefficient (Wildman–Crippen LogP) is 2.06. The zero-order chi connectivity index (χ0) is 16.4. The first-order chi connectivity index (χ1) is 10.3. The van der Waals surface area contributed by atoms with Crippen LogP contribution in [0.2, 0.25) is 0 Å². The number of anilines is 1. The molecule has 2 rings (SSSR count). The third kappa shape index (κ3) is 2.63. The van der Waals surface area contributed by atoms with Crippen LogP contribution < -0.4 is 5.73 Å². The van der Waals surface area contributed by atoms with Crippen LogP contribution in [0.15, 0.2) is 30.3 Å². The fourth-order valence-corrected chi connectivity index (χ4v) is 1.84. The average molecular weight is 305 g/mol. The summed E-state index contributed by atoms with van der Waals surface area (Å²) >= 11 is 0. The minimum absolute atomic E-state index is 0.000510. The van der Waals surface area contributed by atoms with Crippen LogP contribution in [-0.2, 0) is 0 Å². The van der Waals surface area contributed by atoms with Crippen molar-refractivity contribution in [3.63, 3.8) is 0 Å². The van der Waals surface area contributed by atoms with Gasteiger partial charge in [0.1, 0.15) is 5.82 Å². The molecule has 0 radical (unpaired) electrons. The Morgan fingerprint density at radius 1 is 0.909 bits per heavy atom. The number of nitrogen functional groups attached to an aromatic ring is 1. The van der Waals surface area contributed by atoms with Crippen LogP contribution in [0.1, 0.15) is 0 Å². The molecule has 0 atom stereocenters. The molecule has 1 aromatic heterocycles. The van der Waals surface area contributed by atoms with E-state index in [1.54, 1.807) is 0 Å². The zero-order valence-corrected chi connectivity index (χ0v) is 10.7. The molecule has 0 aliphatic rings. The molecule has 0 spiro atoms. The molecule has 2 N–H and O–H groups in total. The topological polar surface area (TPSA) is 168 Å². The molecule has 112 valence electrons. The van der Waals surface area contributed by atoms with Gasteiger partial charge in [0.2, 0.25) is 0 Å². The molecule has 0 aliphatic heterocycles. The molecule has 2 aromatic rings. The largest absolute Gasteiger partial charge is 0.384 e. The van der Waals surface area contributed by atoms with Crippen LogP contribution in [0.4, 0.5) is 22.9 Å². The van der Waals surface area contributed by atoms with E-state index in [-0.39, 0.29) is 11.5 Å². The van der Waals surface area contributed by atoms with E-state index in [1.165, 1.54) is 18.2 Å². The van der Waals surface area contributed by atoms with E-state index in [0.717, 1.165) is 0 Å². The van der Waals surface area contributed by atoms with Crippen molar-refractivity contribution in [3.8, 4) is 11.3 Å². The van der Waals surface area contributed by atoms with Gasteiger partial charge >= 0.3 is 0 Å². The summed E-state index contributed by atoms with van der Waals surface area (Å²) in [4.78, 5) is 34.0. The van der Waals surface area contributed by atoms with Gasteiger partial charge in [0, 0.05) is 0 Å². The number of hydrogen-bond acceptors (Lipinski definition) is 8. The lowest BCUT2D eigenvalue weighted by Crippen LogP contribution is -2.02. The highest BCUT2D eigenvalue weighted by atomic mass is 16.6. The second-order valence-corrected chi connectivity index (χ2v) is 4.08. The summed E-state index contributed by atoms with van der Waals surface area (Å²) in [5, 5.41) is 33.0. The van der Waals surface area contributed by atoms with Crippen molar-refractivity contribution in [2.24, 2.45) is 0 Å². The number of nitro benzene ring substituents is 3. The summed E-state index contributed by atoms with van der Waals surface area (Å²) in [6.07, 6.45) is 0. The van der Waals surface area contributed by atoms with Crippen molar-refractivity contribution in [3.05, 3.63) is 60.7 Å². The van der Waals surface area contributed by atoms with Crippen LogP contribution in [-0.4, -0.2) is 19.8 Å². The highest BCUT2D eigenvalue weighted by Crippen LogP contribution is 2.40. The fourth-order valence-electron chi connectivity index (χ4n) is 1.84. The normalized spacial score (nSPS) is 10.2.